The first-order valence-electron chi connectivity index (χ1n) is 8.31. The molecule has 1 aromatic rings. The van der Waals surface area contributed by atoms with Crippen molar-refractivity contribution < 1.29 is 9.59 Å². The van der Waals surface area contributed by atoms with Gasteiger partial charge < -0.3 is 0 Å². The third-order valence-corrected chi connectivity index (χ3v) is 4.69. The molecular weight excluding hydrogens is 260 g/mol. The summed E-state index contributed by atoms with van der Waals surface area (Å²) in [6.07, 6.45) is 7.76. The second-order valence-corrected chi connectivity index (χ2v) is 6.26. The van der Waals surface area contributed by atoms with Crippen LogP contribution in [0.3, 0.4) is 0 Å². The van der Waals surface area contributed by atoms with Gasteiger partial charge in [0.1, 0.15) is 5.78 Å². The highest BCUT2D eigenvalue weighted by Crippen LogP contribution is 2.32. The fraction of sp³-hybridized carbons (Fsp3) is 0.579. The molecule has 0 heterocycles. The summed E-state index contributed by atoms with van der Waals surface area (Å²) in [6, 6.07) is 9.27. The molecule has 1 fully saturated rings. The summed E-state index contributed by atoms with van der Waals surface area (Å²) in [7, 11) is 0. The minimum absolute atomic E-state index is 0.0867. The molecule has 2 nitrogen and oxygen atoms in total. The predicted octanol–water partition coefficient (Wildman–Crippen LogP) is 4.83. The van der Waals surface area contributed by atoms with E-state index in [4.69, 9.17) is 0 Å². The van der Waals surface area contributed by atoms with Gasteiger partial charge in [-0.15, -0.1) is 0 Å². The van der Waals surface area contributed by atoms with Crippen LogP contribution < -0.4 is 0 Å². The zero-order valence-corrected chi connectivity index (χ0v) is 13.0. The molecule has 2 rings (SSSR count). The lowest BCUT2D eigenvalue weighted by Crippen LogP contribution is -2.22. The molecule has 0 N–H and O–H groups in total. The van der Waals surface area contributed by atoms with Crippen molar-refractivity contribution >= 4 is 11.6 Å². The van der Waals surface area contributed by atoms with E-state index < -0.39 is 0 Å². The second-order valence-electron chi connectivity index (χ2n) is 6.26. The molecule has 0 unspecified atom stereocenters. The lowest BCUT2D eigenvalue weighted by Gasteiger charge is -2.27. The highest BCUT2D eigenvalue weighted by molar-refractivity contribution is 5.98. The second kappa shape index (κ2) is 8.11. The molecule has 114 valence electrons. The Kier molecular flexibility index (Phi) is 6.16. The van der Waals surface area contributed by atoms with E-state index in [0.29, 0.717) is 18.6 Å². The Morgan fingerprint density at radius 1 is 1.00 bits per heavy atom. The molecule has 1 saturated carbocycles. The van der Waals surface area contributed by atoms with Crippen LogP contribution in [0.25, 0.3) is 0 Å². The lowest BCUT2D eigenvalue weighted by atomic mass is 9.77. The predicted molar refractivity (Wildman–Crippen MR) is 85.4 cm³/mol. The normalized spacial score (nSPS) is 22.0. The van der Waals surface area contributed by atoms with Crippen LogP contribution in [0.2, 0.25) is 0 Å². The monoisotopic (exact) mass is 286 g/mol. The molecule has 0 atom stereocenters. The van der Waals surface area contributed by atoms with Crippen LogP contribution in [0.5, 0.6) is 0 Å². The molecule has 1 aliphatic carbocycles. The number of ketones is 2. The Morgan fingerprint density at radius 3 is 2.29 bits per heavy atom. The number of benzene rings is 1. The summed E-state index contributed by atoms with van der Waals surface area (Å²) in [5.74, 6) is 1.42. The number of hydrogen-bond donors (Lipinski definition) is 0. The summed E-state index contributed by atoms with van der Waals surface area (Å²) in [5.41, 5.74) is 0.719. The van der Waals surface area contributed by atoms with Gasteiger partial charge >= 0.3 is 0 Å². The Hall–Kier alpha value is -1.44. The molecule has 21 heavy (non-hydrogen) atoms. The number of hydrogen-bond acceptors (Lipinski definition) is 2. The Bertz CT molecular complexity index is 456. The molecule has 2 heteroatoms. The average Bonchev–Trinajstić information content (AvgIpc) is 2.54. The van der Waals surface area contributed by atoms with E-state index in [0.717, 1.165) is 24.3 Å². The first-order valence-corrected chi connectivity index (χ1v) is 8.31. The standard InChI is InChI=1S/C19H26O2/c1-2-6-15-9-11-17(12-10-15)19(21)14-13-18(20)16-7-4-3-5-8-16/h3-5,7-8,15,17H,2,6,9-14H2,1H3. The molecule has 0 amide bonds. The Balaban J connectivity index is 1.74. The topological polar surface area (TPSA) is 34.1 Å². The maximum absolute atomic E-state index is 12.2. The molecule has 0 bridgehead atoms. The maximum atomic E-state index is 12.2. The maximum Gasteiger partial charge on any atom is 0.163 e. The van der Waals surface area contributed by atoms with E-state index >= 15 is 0 Å². The van der Waals surface area contributed by atoms with Gasteiger partial charge in [0.25, 0.3) is 0 Å². The summed E-state index contributed by atoms with van der Waals surface area (Å²) >= 11 is 0. The number of rotatable bonds is 7. The molecule has 0 radical (unpaired) electrons. The van der Waals surface area contributed by atoms with Gasteiger partial charge in [0.2, 0.25) is 0 Å². The third kappa shape index (κ3) is 4.80. The van der Waals surface area contributed by atoms with Crippen molar-refractivity contribution in [3.05, 3.63) is 35.9 Å². The van der Waals surface area contributed by atoms with Crippen LogP contribution in [0, 0.1) is 11.8 Å². The van der Waals surface area contributed by atoms with Crippen molar-refractivity contribution in [1.82, 2.24) is 0 Å². The summed E-state index contributed by atoms with van der Waals surface area (Å²) in [4.78, 5) is 24.3. The van der Waals surface area contributed by atoms with Crippen LogP contribution in [-0.4, -0.2) is 11.6 Å². The van der Waals surface area contributed by atoms with Gasteiger partial charge in [-0.1, -0.05) is 50.1 Å². The molecule has 1 aromatic carbocycles. The van der Waals surface area contributed by atoms with Crippen molar-refractivity contribution in [1.29, 1.82) is 0 Å². The van der Waals surface area contributed by atoms with Crippen molar-refractivity contribution in [2.45, 2.75) is 58.3 Å². The van der Waals surface area contributed by atoms with Crippen LogP contribution in [0.1, 0.15) is 68.6 Å². The van der Waals surface area contributed by atoms with Gasteiger partial charge in [0.15, 0.2) is 5.78 Å². The Labute approximate surface area is 127 Å². The largest absolute Gasteiger partial charge is 0.299 e. The molecule has 0 aromatic heterocycles. The Morgan fingerprint density at radius 2 is 1.67 bits per heavy atom. The van der Waals surface area contributed by atoms with E-state index in [2.05, 4.69) is 6.92 Å². The zero-order chi connectivity index (χ0) is 15.1. The molecule has 0 spiro atoms. The number of carbonyl (C=O) groups excluding carboxylic acids is 2. The SMILES string of the molecule is CCCC1CCC(C(=O)CCC(=O)c2ccccc2)CC1. The van der Waals surface area contributed by atoms with Crippen molar-refractivity contribution in [2.24, 2.45) is 11.8 Å². The van der Waals surface area contributed by atoms with E-state index in [9.17, 15) is 9.59 Å². The van der Waals surface area contributed by atoms with Gasteiger partial charge in [-0.25, -0.2) is 0 Å². The lowest BCUT2D eigenvalue weighted by molar-refractivity contribution is -0.124. The van der Waals surface area contributed by atoms with Crippen molar-refractivity contribution in [3.63, 3.8) is 0 Å². The minimum Gasteiger partial charge on any atom is -0.299 e. The summed E-state index contributed by atoms with van der Waals surface area (Å²) in [6.45, 7) is 2.23. The van der Waals surface area contributed by atoms with Crippen LogP contribution in [-0.2, 0) is 4.79 Å². The molecule has 1 aliphatic rings. The molecule has 0 aliphatic heterocycles. The van der Waals surface area contributed by atoms with Gasteiger partial charge in [0.05, 0.1) is 0 Å². The van der Waals surface area contributed by atoms with E-state index in [1.54, 1.807) is 0 Å². The highest BCUT2D eigenvalue weighted by atomic mass is 16.1. The quantitative estimate of drug-likeness (QED) is 0.673. The highest BCUT2D eigenvalue weighted by Gasteiger charge is 2.25. The number of Topliss-reactive ketones (excluding diaryl/α,β-unsaturated/α-hetero) is 2. The van der Waals surface area contributed by atoms with Crippen molar-refractivity contribution in [2.75, 3.05) is 0 Å². The van der Waals surface area contributed by atoms with Gasteiger partial charge in [-0.2, -0.15) is 0 Å². The van der Waals surface area contributed by atoms with Crippen LogP contribution in [0.4, 0.5) is 0 Å². The van der Waals surface area contributed by atoms with E-state index in [1.807, 2.05) is 30.3 Å². The first kappa shape index (κ1) is 15.9. The van der Waals surface area contributed by atoms with Crippen LogP contribution in [0.15, 0.2) is 30.3 Å². The smallest absolute Gasteiger partial charge is 0.163 e. The average molecular weight is 286 g/mol. The van der Waals surface area contributed by atoms with Gasteiger partial charge in [-0.05, 0) is 31.6 Å². The fourth-order valence-electron chi connectivity index (χ4n) is 3.39. The summed E-state index contributed by atoms with van der Waals surface area (Å²) < 4.78 is 0. The fourth-order valence-corrected chi connectivity index (χ4v) is 3.39. The summed E-state index contributed by atoms with van der Waals surface area (Å²) in [5, 5.41) is 0. The molecule has 0 saturated heterocycles. The molecular formula is C19H26O2. The zero-order valence-electron chi connectivity index (χ0n) is 13.0. The van der Waals surface area contributed by atoms with Crippen LogP contribution >= 0.6 is 0 Å². The number of carbonyl (C=O) groups is 2. The van der Waals surface area contributed by atoms with E-state index in [1.165, 1.54) is 25.7 Å². The van der Waals surface area contributed by atoms with Crippen molar-refractivity contribution in [3.8, 4) is 0 Å². The third-order valence-electron chi connectivity index (χ3n) is 4.69. The minimum atomic E-state index is 0.0867. The first-order chi connectivity index (χ1) is 10.2. The van der Waals surface area contributed by atoms with Gasteiger partial charge in [-0.3, -0.25) is 9.59 Å². The van der Waals surface area contributed by atoms with E-state index in [-0.39, 0.29) is 11.7 Å². The van der Waals surface area contributed by atoms with Gasteiger partial charge in [0, 0.05) is 24.3 Å².